The van der Waals surface area contributed by atoms with Crippen LogP contribution in [0.15, 0.2) is 60.7 Å². The van der Waals surface area contributed by atoms with Crippen LogP contribution < -0.4 is 9.47 Å². The van der Waals surface area contributed by atoms with Crippen LogP contribution in [-0.2, 0) is 0 Å². The second-order valence-electron chi connectivity index (χ2n) is 13.1. The van der Waals surface area contributed by atoms with E-state index in [1.165, 1.54) is 128 Å². The van der Waals surface area contributed by atoms with Gasteiger partial charge in [-0.25, -0.2) is 0 Å². The molecule has 0 fully saturated rings. The quantitative estimate of drug-likeness (QED) is 0.0432. The van der Waals surface area contributed by atoms with E-state index in [2.05, 4.69) is 62.5 Å². The summed E-state index contributed by atoms with van der Waals surface area (Å²) in [6.07, 6.45) is 49.0. The van der Waals surface area contributed by atoms with Gasteiger partial charge < -0.3 is 9.47 Å². The van der Waals surface area contributed by atoms with Gasteiger partial charge in [-0.05, 0) is 102 Å². The summed E-state index contributed by atoms with van der Waals surface area (Å²) in [5.74, 6) is 1.48. The molecule has 1 aromatic rings. The van der Waals surface area contributed by atoms with Crippen LogP contribution in [0.5, 0.6) is 11.5 Å². The monoisotopic (exact) mass is 649 g/mol. The van der Waals surface area contributed by atoms with E-state index in [9.17, 15) is 4.79 Å². The molecule has 0 aliphatic carbocycles. The molecule has 3 heteroatoms. The maximum absolute atomic E-state index is 11.8. The summed E-state index contributed by atoms with van der Waals surface area (Å²) in [6.45, 7) is 7.90. The van der Waals surface area contributed by atoms with E-state index in [0.29, 0.717) is 24.5 Å². The summed E-state index contributed by atoms with van der Waals surface area (Å²) in [7, 11) is 0. The molecule has 0 unspecified atom stereocenters. The highest BCUT2D eigenvalue weighted by Crippen LogP contribution is 2.28. The summed E-state index contributed by atoms with van der Waals surface area (Å²) >= 11 is 0. The fourth-order valence-corrected chi connectivity index (χ4v) is 5.59. The SMILES string of the molecule is CCCCCC=CCC=CCCCCCCCCOc1cc(C=O)c(OCCCCCCCCC=CCC=CCCCCC)cc1C. The third kappa shape index (κ3) is 26.1. The molecule has 0 radical (unpaired) electrons. The minimum absolute atomic E-state index is 0.586. The topological polar surface area (TPSA) is 35.5 Å². The highest BCUT2D eigenvalue weighted by atomic mass is 16.5. The molecule has 0 aliphatic heterocycles. The minimum atomic E-state index is 0.586. The molecule has 0 aliphatic rings. The number of unbranched alkanes of at least 4 members (excludes halogenated alkanes) is 18. The number of aryl methyl sites for hydroxylation is 1. The maximum Gasteiger partial charge on any atom is 0.153 e. The molecule has 1 aromatic carbocycles. The van der Waals surface area contributed by atoms with Gasteiger partial charge in [0.25, 0.3) is 0 Å². The summed E-state index contributed by atoms with van der Waals surface area (Å²) in [5, 5.41) is 0. The average molecular weight is 649 g/mol. The van der Waals surface area contributed by atoms with Crippen molar-refractivity contribution in [1.82, 2.24) is 0 Å². The summed E-state index contributed by atoms with van der Waals surface area (Å²) < 4.78 is 12.1. The van der Waals surface area contributed by atoms with Crippen molar-refractivity contribution in [3.05, 3.63) is 71.9 Å². The molecule has 0 N–H and O–H groups in total. The normalized spacial score (nSPS) is 12.0. The molecular weight excluding hydrogens is 576 g/mol. The van der Waals surface area contributed by atoms with E-state index in [-0.39, 0.29) is 0 Å². The van der Waals surface area contributed by atoms with E-state index >= 15 is 0 Å². The van der Waals surface area contributed by atoms with Gasteiger partial charge in [-0.1, -0.05) is 140 Å². The lowest BCUT2D eigenvalue weighted by Crippen LogP contribution is -2.03. The highest BCUT2D eigenvalue weighted by molar-refractivity contribution is 5.80. The van der Waals surface area contributed by atoms with Crippen LogP contribution in [0.1, 0.15) is 184 Å². The van der Waals surface area contributed by atoms with E-state index in [1.54, 1.807) is 0 Å². The Kier molecular flexibility index (Phi) is 30.1. The van der Waals surface area contributed by atoms with Gasteiger partial charge in [-0.2, -0.15) is 0 Å². The number of hydrogen-bond acceptors (Lipinski definition) is 3. The maximum atomic E-state index is 11.8. The van der Waals surface area contributed by atoms with Gasteiger partial charge in [0, 0.05) is 0 Å². The summed E-state index contributed by atoms with van der Waals surface area (Å²) in [4.78, 5) is 11.8. The second-order valence-corrected chi connectivity index (χ2v) is 13.1. The van der Waals surface area contributed by atoms with Gasteiger partial charge in [0.15, 0.2) is 6.29 Å². The Bertz CT molecular complexity index is 971. The molecule has 0 amide bonds. The first-order chi connectivity index (χ1) is 23.2. The molecule has 0 saturated carbocycles. The van der Waals surface area contributed by atoms with Crippen molar-refractivity contribution >= 4 is 6.29 Å². The van der Waals surface area contributed by atoms with Crippen molar-refractivity contribution in [3.8, 4) is 11.5 Å². The van der Waals surface area contributed by atoms with E-state index in [4.69, 9.17) is 9.47 Å². The van der Waals surface area contributed by atoms with Gasteiger partial charge in [-0.3, -0.25) is 4.79 Å². The van der Waals surface area contributed by atoms with Crippen molar-refractivity contribution in [2.24, 2.45) is 0 Å². The van der Waals surface area contributed by atoms with Crippen LogP contribution >= 0.6 is 0 Å². The molecular formula is C44H72O3. The van der Waals surface area contributed by atoms with Gasteiger partial charge in [0.1, 0.15) is 11.5 Å². The van der Waals surface area contributed by atoms with E-state index in [0.717, 1.165) is 43.3 Å². The van der Waals surface area contributed by atoms with Gasteiger partial charge >= 0.3 is 0 Å². The zero-order valence-electron chi connectivity index (χ0n) is 31.0. The van der Waals surface area contributed by atoms with Crippen molar-refractivity contribution in [3.63, 3.8) is 0 Å². The number of allylic oxidation sites excluding steroid dienone is 8. The van der Waals surface area contributed by atoms with Gasteiger partial charge in [0.2, 0.25) is 0 Å². The van der Waals surface area contributed by atoms with Crippen LogP contribution in [0.4, 0.5) is 0 Å². The van der Waals surface area contributed by atoms with Crippen LogP contribution in [-0.4, -0.2) is 19.5 Å². The smallest absolute Gasteiger partial charge is 0.153 e. The zero-order chi connectivity index (χ0) is 33.9. The standard InChI is InChI=1S/C44H72O3/c1-4-6-8-10-12-14-16-18-20-22-24-26-28-30-32-34-36-46-43-39-42(40-45)44(38-41(43)3)47-37-35-33-31-29-27-25-23-21-19-17-15-13-11-9-7-5-2/h12-15,18-21,38-40H,4-11,16-17,22-37H2,1-3H3. The Morgan fingerprint density at radius 2 is 0.851 bits per heavy atom. The molecule has 0 atom stereocenters. The Hall–Kier alpha value is -2.55. The third-order valence-corrected chi connectivity index (χ3v) is 8.64. The van der Waals surface area contributed by atoms with Crippen molar-refractivity contribution < 1.29 is 14.3 Å². The summed E-state index contributed by atoms with van der Waals surface area (Å²) in [6, 6.07) is 3.82. The lowest BCUT2D eigenvalue weighted by Gasteiger charge is -2.14. The van der Waals surface area contributed by atoms with Crippen molar-refractivity contribution in [2.75, 3.05) is 13.2 Å². The molecule has 0 saturated heterocycles. The minimum Gasteiger partial charge on any atom is -0.493 e. The first kappa shape index (κ1) is 42.5. The Morgan fingerprint density at radius 1 is 0.468 bits per heavy atom. The van der Waals surface area contributed by atoms with Crippen LogP contribution in [0.25, 0.3) is 0 Å². The van der Waals surface area contributed by atoms with E-state index in [1.807, 2.05) is 19.1 Å². The predicted octanol–water partition coefficient (Wildman–Crippen LogP) is 14.2. The molecule has 0 aromatic heterocycles. The number of aldehydes is 1. The number of rotatable bonds is 33. The van der Waals surface area contributed by atoms with Crippen LogP contribution in [0.2, 0.25) is 0 Å². The van der Waals surface area contributed by atoms with Gasteiger partial charge in [0.05, 0.1) is 18.8 Å². The Balaban J connectivity index is 2.06. The van der Waals surface area contributed by atoms with E-state index < -0.39 is 0 Å². The first-order valence-electron chi connectivity index (χ1n) is 19.7. The molecule has 266 valence electrons. The fraction of sp³-hybridized carbons (Fsp3) is 0.659. The second kappa shape index (κ2) is 33.4. The molecule has 1 rings (SSSR count). The number of ether oxygens (including phenoxy) is 2. The summed E-state index contributed by atoms with van der Waals surface area (Å²) in [5.41, 5.74) is 1.62. The molecule has 0 bridgehead atoms. The third-order valence-electron chi connectivity index (χ3n) is 8.64. The largest absolute Gasteiger partial charge is 0.493 e. The van der Waals surface area contributed by atoms with Crippen molar-refractivity contribution in [2.45, 2.75) is 175 Å². The number of hydrogen-bond donors (Lipinski definition) is 0. The molecule has 0 spiro atoms. The Labute approximate surface area is 291 Å². The van der Waals surface area contributed by atoms with Crippen molar-refractivity contribution in [1.29, 1.82) is 0 Å². The number of carbonyl (C=O) groups is 1. The first-order valence-corrected chi connectivity index (χ1v) is 19.7. The zero-order valence-corrected chi connectivity index (χ0v) is 31.0. The van der Waals surface area contributed by atoms with Crippen LogP contribution in [0, 0.1) is 6.92 Å². The fourth-order valence-electron chi connectivity index (χ4n) is 5.59. The molecule has 3 nitrogen and oxygen atoms in total. The predicted molar refractivity (Wildman–Crippen MR) is 206 cm³/mol. The van der Waals surface area contributed by atoms with Gasteiger partial charge in [-0.15, -0.1) is 0 Å². The Morgan fingerprint density at radius 3 is 1.28 bits per heavy atom. The number of carbonyl (C=O) groups excluding carboxylic acids is 1. The molecule has 0 heterocycles. The average Bonchev–Trinajstić information content (AvgIpc) is 3.08. The van der Waals surface area contributed by atoms with Crippen LogP contribution in [0.3, 0.4) is 0 Å². The lowest BCUT2D eigenvalue weighted by atomic mass is 10.1. The highest BCUT2D eigenvalue weighted by Gasteiger charge is 2.09. The lowest BCUT2D eigenvalue weighted by molar-refractivity contribution is 0.111. The number of benzene rings is 1. The molecule has 47 heavy (non-hydrogen) atoms.